The van der Waals surface area contributed by atoms with Crippen molar-refractivity contribution in [2.75, 3.05) is 0 Å². The van der Waals surface area contributed by atoms with Crippen molar-refractivity contribution in [3.8, 4) is 0 Å². The first-order chi connectivity index (χ1) is 6.70. The predicted molar refractivity (Wildman–Crippen MR) is 58.6 cm³/mol. The molecule has 0 bridgehead atoms. The van der Waals surface area contributed by atoms with Crippen LogP contribution >= 0.6 is 11.6 Å². The first kappa shape index (κ1) is 10.0. The largest absolute Gasteiger partial charge is 0.390 e. The summed E-state index contributed by atoms with van der Waals surface area (Å²) in [6.45, 7) is 0. The highest BCUT2D eigenvalue weighted by molar-refractivity contribution is 6.31. The summed E-state index contributed by atoms with van der Waals surface area (Å²) in [5.74, 6) is 0. The Morgan fingerprint density at radius 3 is 2.50 bits per heavy atom. The second-order valence-corrected chi connectivity index (χ2v) is 4.61. The molecular weight excluding hydrogens is 196 g/mol. The zero-order valence-electron chi connectivity index (χ0n) is 8.17. The molecule has 2 rings (SSSR count). The predicted octanol–water partition coefficient (Wildman–Crippen LogP) is 3.19. The van der Waals surface area contributed by atoms with Crippen molar-refractivity contribution in [2.45, 2.75) is 37.7 Å². The average Bonchev–Trinajstić information content (AvgIpc) is 2.57. The van der Waals surface area contributed by atoms with Crippen LogP contribution in [-0.4, -0.2) is 10.7 Å². The van der Waals surface area contributed by atoms with Gasteiger partial charge in [0.2, 0.25) is 0 Å². The fourth-order valence-corrected chi connectivity index (χ4v) is 2.41. The van der Waals surface area contributed by atoms with E-state index in [0.29, 0.717) is 6.42 Å². The van der Waals surface area contributed by atoms with Gasteiger partial charge in [-0.2, -0.15) is 0 Å². The third-order valence-electron chi connectivity index (χ3n) is 3.01. The molecule has 0 unspecified atom stereocenters. The van der Waals surface area contributed by atoms with Crippen molar-refractivity contribution >= 4 is 11.6 Å². The van der Waals surface area contributed by atoms with Gasteiger partial charge in [0.25, 0.3) is 0 Å². The van der Waals surface area contributed by atoms with Crippen LogP contribution in [0.25, 0.3) is 0 Å². The molecule has 0 aromatic heterocycles. The maximum atomic E-state index is 10.2. The van der Waals surface area contributed by atoms with Gasteiger partial charge in [0, 0.05) is 11.4 Å². The Balaban J connectivity index is 2.14. The molecule has 1 nitrogen and oxygen atoms in total. The molecule has 1 fully saturated rings. The van der Waals surface area contributed by atoms with E-state index in [9.17, 15) is 5.11 Å². The smallest absolute Gasteiger partial charge is 0.0688 e. The van der Waals surface area contributed by atoms with Gasteiger partial charge in [-0.1, -0.05) is 42.6 Å². The lowest BCUT2D eigenvalue weighted by molar-refractivity contribution is 0.0482. The number of hydrogen-bond donors (Lipinski definition) is 1. The van der Waals surface area contributed by atoms with Gasteiger partial charge in [-0.25, -0.2) is 0 Å². The summed E-state index contributed by atoms with van der Waals surface area (Å²) in [5.41, 5.74) is 0.573. The lowest BCUT2D eigenvalue weighted by Crippen LogP contribution is -2.27. The molecule has 0 amide bonds. The second kappa shape index (κ2) is 3.92. The number of halogens is 1. The molecule has 1 aliphatic rings. The van der Waals surface area contributed by atoms with E-state index < -0.39 is 5.60 Å². The summed E-state index contributed by atoms with van der Waals surface area (Å²) in [6, 6.07) is 7.78. The zero-order valence-corrected chi connectivity index (χ0v) is 8.93. The van der Waals surface area contributed by atoms with Gasteiger partial charge >= 0.3 is 0 Å². The monoisotopic (exact) mass is 210 g/mol. The Labute approximate surface area is 89.7 Å². The lowest BCUT2D eigenvalue weighted by Gasteiger charge is -2.22. The van der Waals surface area contributed by atoms with Gasteiger partial charge in [0.1, 0.15) is 0 Å². The zero-order chi connectivity index (χ0) is 10.0. The van der Waals surface area contributed by atoms with Crippen molar-refractivity contribution < 1.29 is 5.11 Å². The normalized spacial score (nSPS) is 19.9. The summed E-state index contributed by atoms with van der Waals surface area (Å²) in [5, 5.41) is 11.0. The summed E-state index contributed by atoms with van der Waals surface area (Å²) in [4.78, 5) is 0. The topological polar surface area (TPSA) is 20.2 Å². The van der Waals surface area contributed by atoms with E-state index in [2.05, 4.69) is 0 Å². The minimum atomic E-state index is -0.495. The fourth-order valence-electron chi connectivity index (χ4n) is 2.21. The molecule has 1 saturated carbocycles. The van der Waals surface area contributed by atoms with Crippen molar-refractivity contribution in [3.63, 3.8) is 0 Å². The molecule has 76 valence electrons. The first-order valence-electron chi connectivity index (χ1n) is 5.15. The number of aliphatic hydroxyl groups is 1. The maximum absolute atomic E-state index is 10.2. The second-order valence-electron chi connectivity index (χ2n) is 4.20. The molecule has 0 saturated heterocycles. The Hall–Kier alpha value is -0.530. The van der Waals surface area contributed by atoms with Gasteiger partial charge in [-0.05, 0) is 24.5 Å². The minimum Gasteiger partial charge on any atom is -0.390 e. The average molecular weight is 211 g/mol. The van der Waals surface area contributed by atoms with Gasteiger partial charge in [0.15, 0.2) is 0 Å². The van der Waals surface area contributed by atoms with Crippen LogP contribution in [0.3, 0.4) is 0 Å². The van der Waals surface area contributed by atoms with Gasteiger partial charge in [-0.3, -0.25) is 0 Å². The van der Waals surface area contributed by atoms with E-state index >= 15 is 0 Å². The van der Waals surface area contributed by atoms with E-state index in [1.807, 2.05) is 24.3 Å². The molecule has 0 spiro atoms. The van der Waals surface area contributed by atoms with Gasteiger partial charge in [-0.15, -0.1) is 0 Å². The number of rotatable bonds is 2. The van der Waals surface area contributed by atoms with Gasteiger partial charge < -0.3 is 5.11 Å². The van der Waals surface area contributed by atoms with Crippen LogP contribution < -0.4 is 0 Å². The van der Waals surface area contributed by atoms with E-state index in [0.717, 1.165) is 36.3 Å². The molecule has 1 N–H and O–H groups in total. The standard InChI is InChI=1S/C12H15ClO/c13-11-6-2-1-5-10(11)9-12(14)7-3-4-8-12/h1-2,5-6,14H,3-4,7-9H2. The van der Waals surface area contributed by atoms with E-state index in [1.165, 1.54) is 0 Å². The lowest BCUT2D eigenvalue weighted by atomic mass is 9.93. The Bertz CT molecular complexity index is 316. The maximum Gasteiger partial charge on any atom is 0.0688 e. The van der Waals surface area contributed by atoms with E-state index in [1.54, 1.807) is 0 Å². The highest BCUT2D eigenvalue weighted by Crippen LogP contribution is 2.33. The van der Waals surface area contributed by atoms with E-state index in [-0.39, 0.29) is 0 Å². The molecule has 0 radical (unpaired) electrons. The third-order valence-corrected chi connectivity index (χ3v) is 3.38. The molecule has 2 heteroatoms. The number of hydrogen-bond acceptors (Lipinski definition) is 1. The molecule has 0 aliphatic heterocycles. The third kappa shape index (κ3) is 2.10. The van der Waals surface area contributed by atoms with Crippen molar-refractivity contribution in [2.24, 2.45) is 0 Å². The summed E-state index contributed by atoms with van der Waals surface area (Å²) >= 11 is 6.05. The Morgan fingerprint density at radius 1 is 1.21 bits per heavy atom. The molecule has 0 atom stereocenters. The molecule has 1 aromatic rings. The SMILES string of the molecule is OC1(Cc2ccccc2Cl)CCCC1. The summed E-state index contributed by atoms with van der Waals surface area (Å²) < 4.78 is 0. The quantitative estimate of drug-likeness (QED) is 0.795. The van der Waals surface area contributed by atoms with Crippen LogP contribution in [0, 0.1) is 0 Å². The van der Waals surface area contributed by atoms with Crippen molar-refractivity contribution in [3.05, 3.63) is 34.9 Å². The van der Waals surface area contributed by atoms with E-state index in [4.69, 9.17) is 11.6 Å². The van der Waals surface area contributed by atoms with Crippen LogP contribution in [-0.2, 0) is 6.42 Å². The molecule has 14 heavy (non-hydrogen) atoms. The van der Waals surface area contributed by atoms with Crippen LogP contribution in [0.15, 0.2) is 24.3 Å². The number of benzene rings is 1. The summed E-state index contributed by atoms with van der Waals surface area (Å²) in [6.07, 6.45) is 4.81. The van der Waals surface area contributed by atoms with Crippen molar-refractivity contribution in [1.82, 2.24) is 0 Å². The van der Waals surface area contributed by atoms with Crippen LogP contribution in [0.4, 0.5) is 0 Å². The van der Waals surface area contributed by atoms with Crippen LogP contribution in [0.5, 0.6) is 0 Å². The first-order valence-corrected chi connectivity index (χ1v) is 5.53. The Kier molecular flexibility index (Phi) is 2.80. The van der Waals surface area contributed by atoms with Crippen LogP contribution in [0.1, 0.15) is 31.2 Å². The molecular formula is C12H15ClO. The molecule has 1 aromatic carbocycles. The minimum absolute atomic E-state index is 0.495. The molecule has 0 heterocycles. The summed E-state index contributed by atoms with van der Waals surface area (Å²) in [7, 11) is 0. The van der Waals surface area contributed by atoms with Crippen molar-refractivity contribution in [1.29, 1.82) is 0 Å². The van der Waals surface area contributed by atoms with Gasteiger partial charge in [0.05, 0.1) is 5.60 Å². The highest BCUT2D eigenvalue weighted by Gasteiger charge is 2.31. The fraction of sp³-hybridized carbons (Fsp3) is 0.500. The van der Waals surface area contributed by atoms with Crippen LogP contribution in [0.2, 0.25) is 5.02 Å². The Morgan fingerprint density at radius 2 is 1.86 bits per heavy atom. The molecule has 1 aliphatic carbocycles. The highest BCUT2D eigenvalue weighted by atomic mass is 35.5.